The van der Waals surface area contributed by atoms with Crippen molar-refractivity contribution in [2.45, 2.75) is 20.4 Å². The molecule has 0 saturated heterocycles. The van der Waals surface area contributed by atoms with E-state index in [2.05, 4.69) is 58.6 Å². The van der Waals surface area contributed by atoms with E-state index >= 15 is 0 Å². The van der Waals surface area contributed by atoms with E-state index in [4.69, 9.17) is 0 Å². The van der Waals surface area contributed by atoms with Crippen molar-refractivity contribution in [3.63, 3.8) is 0 Å². The van der Waals surface area contributed by atoms with Gasteiger partial charge in [-0.1, -0.05) is 32.0 Å². The summed E-state index contributed by atoms with van der Waals surface area (Å²) in [5, 5.41) is 2.55. The predicted octanol–water partition coefficient (Wildman–Crippen LogP) is 3.53. The molecule has 2 aromatic heterocycles. The summed E-state index contributed by atoms with van der Waals surface area (Å²) in [4.78, 5) is 6.74. The third-order valence-corrected chi connectivity index (χ3v) is 4.11. The number of aromatic nitrogens is 2. The van der Waals surface area contributed by atoms with Gasteiger partial charge >= 0.3 is 0 Å². The van der Waals surface area contributed by atoms with Crippen LogP contribution in [0.25, 0.3) is 21.8 Å². The zero-order valence-corrected chi connectivity index (χ0v) is 12.2. The largest absolute Gasteiger partial charge is 0.339 e. The Morgan fingerprint density at radius 1 is 1.00 bits per heavy atom. The SMILES string of the molecule is CCN(CC)CCn1c2ccccc2c2cnccc21. The van der Waals surface area contributed by atoms with Crippen molar-refractivity contribution >= 4 is 21.8 Å². The van der Waals surface area contributed by atoms with E-state index in [-0.39, 0.29) is 0 Å². The number of nitrogens with zero attached hydrogens (tertiary/aromatic N) is 3. The van der Waals surface area contributed by atoms with E-state index in [1.165, 1.54) is 21.8 Å². The van der Waals surface area contributed by atoms with E-state index in [0.29, 0.717) is 0 Å². The van der Waals surface area contributed by atoms with Gasteiger partial charge in [-0.25, -0.2) is 0 Å². The fourth-order valence-corrected chi connectivity index (χ4v) is 2.92. The lowest BCUT2D eigenvalue weighted by molar-refractivity contribution is 0.293. The zero-order valence-electron chi connectivity index (χ0n) is 12.2. The van der Waals surface area contributed by atoms with Crippen molar-refractivity contribution in [3.8, 4) is 0 Å². The summed E-state index contributed by atoms with van der Waals surface area (Å²) in [5.74, 6) is 0. The van der Waals surface area contributed by atoms with Crippen molar-refractivity contribution in [2.24, 2.45) is 0 Å². The maximum Gasteiger partial charge on any atom is 0.0522 e. The van der Waals surface area contributed by atoms with E-state index in [1.807, 2.05) is 12.4 Å². The Bertz CT molecular complexity index is 657. The van der Waals surface area contributed by atoms with Crippen molar-refractivity contribution in [2.75, 3.05) is 19.6 Å². The Morgan fingerprint density at radius 3 is 2.55 bits per heavy atom. The molecule has 0 aliphatic rings. The zero-order chi connectivity index (χ0) is 13.9. The van der Waals surface area contributed by atoms with Crippen molar-refractivity contribution in [1.82, 2.24) is 14.5 Å². The maximum atomic E-state index is 4.28. The van der Waals surface area contributed by atoms with E-state index in [1.54, 1.807) is 0 Å². The van der Waals surface area contributed by atoms with Gasteiger partial charge in [-0.05, 0) is 25.2 Å². The van der Waals surface area contributed by atoms with Crippen molar-refractivity contribution in [3.05, 3.63) is 42.7 Å². The number of fused-ring (bicyclic) bond motifs is 3. The van der Waals surface area contributed by atoms with Gasteiger partial charge in [-0.2, -0.15) is 0 Å². The molecule has 0 atom stereocenters. The molecule has 0 bridgehead atoms. The Morgan fingerprint density at radius 2 is 1.75 bits per heavy atom. The van der Waals surface area contributed by atoms with Gasteiger partial charge in [0.05, 0.1) is 5.52 Å². The highest BCUT2D eigenvalue weighted by Crippen LogP contribution is 2.27. The summed E-state index contributed by atoms with van der Waals surface area (Å²) in [6.07, 6.45) is 3.86. The first-order valence-electron chi connectivity index (χ1n) is 7.38. The first-order valence-corrected chi connectivity index (χ1v) is 7.38. The van der Waals surface area contributed by atoms with Crippen LogP contribution in [0.3, 0.4) is 0 Å². The Hall–Kier alpha value is -1.87. The molecule has 104 valence electrons. The molecule has 3 heteroatoms. The Labute approximate surface area is 119 Å². The molecule has 2 heterocycles. The highest BCUT2D eigenvalue weighted by atomic mass is 15.1. The second-order valence-corrected chi connectivity index (χ2v) is 5.09. The third-order valence-electron chi connectivity index (χ3n) is 4.11. The molecular formula is C17H21N3. The van der Waals surface area contributed by atoms with Gasteiger partial charge in [0.15, 0.2) is 0 Å². The fraction of sp³-hybridized carbons (Fsp3) is 0.353. The minimum absolute atomic E-state index is 1.02. The van der Waals surface area contributed by atoms with Gasteiger partial charge < -0.3 is 9.47 Å². The molecule has 0 aliphatic carbocycles. The summed E-state index contributed by atoms with van der Waals surface area (Å²) in [6, 6.07) is 10.7. The summed E-state index contributed by atoms with van der Waals surface area (Å²) < 4.78 is 2.42. The molecule has 3 rings (SSSR count). The molecule has 0 radical (unpaired) electrons. The molecule has 0 saturated carbocycles. The number of hydrogen-bond donors (Lipinski definition) is 0. The molecular weight excluding hydrogens is 246 g/mol. The van der Waals surface area contributed by atoms with Gasteiger partial charge in [-0.15, -0.1) is 0 Å². The van der Waals surface area contributed by atoms with E-state index in [9.17, 15) is 0 Å². The highest BCUT2D eigenvalue weighted by molar-refractivity contribution is 6.07. The molecule has 0 N–H and O–H groups in total. The summed E-state index contributed by atoms with van der Waals surface area (Å²) >= 11 is 0. The van der Waals surface area contributed by atoms with Gasteiger partial charge in [0.2, 0.25) is 0 Å². The van der Waals surface area contributed by atoms with E-state index in [0.717, 1.165) is 26.2 Å². The van der Waals surface area contributed by atoms with Crippen LogP contribution in [0.5, 0.6) is 0 Å². The average Bonchev–Trinajstić information content (AvgIpc) is 2.83. The van der Waals surface area contributed by atoms with Crippen LogP contribution in [0, 0.1) is 0 Å². The predicted molar refractivity (Wildman–Crippen MR) is 85.0 cm³/mol. The normalized spacial score (nSPS) is 11.8. The van der Waals surface area contributed by atoms with Gasteiger partial charge in [0, 0.05) is 41.8 Å². The molecule has 0 fully saturated rings. The molecule has 0 spiro atoms. The molecule has 1 aromatic carbocycles. The van der Waals surface area contributed by atoms with Crippen molar-refractivity contribution < 1.29 is 0 Å². The molecule has 0 aliphatic heterocycles. The number of hydrogen-bond acceptors (Lipinski definition) is 2. The number of benzene rings is 1. The number of rotatable bonds is 5. The number of para-hydroxylation sites is 1. The Kier molecular flexibility index (Phi) is 3.70. The smallest absolute Gasteiger partial charge is 0.0522 e. The summed E-state index contributed by atoms with van der Waals surface area (Å²) in [5.41, 5.74) is 2.59. The molecule has 0 amide bonds. The van der Waals surface area contributed by atoms with Crippen LogP contribution in [-0.2, 0) is 6.54 Å². The lowest BCUT2D eigenvalue weighted by Crippen LogP contribution is -2.26. The number of likely N-dealkylation sites (N-methyl/N-ethyl adjacent to an activating group) is 1. The van der Waals surface area contributed by atoms with Crippen LogP contribution >= 0.6 is 0 Å². The average molecular weight is 267 g/mol. The fourth-order valence-electron chi connectivity index (χ4n) is 2.92. The maximum absolute atomic E-state index is 4.28. The van der Waals surface area contributed by atoms with Crippen LogP contribution in [0.1, 0.15) is 13.8 Å². The first-order chi connectivity index (χ1) is 9.85. The summed E-state index contributed by atoms with van der Waals surface area (Å²) in [7, 11) is 0. The monoisotopic (exact) mass is 267 g/mol. The minimum atomic E-state index is 1.02. The first kappa shape index (κ1) is 13.1. The van der Waals surface area contributed by atoms with Crippen LogP contribution in [0.2, 0.25) is 0 Å². The summed E-state index contributed by atoms with van der Waals surface area (Å²) in [6.45, 7) is 8.77. The van der Waals surface area contributed by atoms with Gasteiger partial charge in [0.1, 0.15) is 0 Å². The Balaban J connectivity index is 2.07. The lowest BCUT2D eigenvalue weighted by Gasteiger charge is -2.19. The van der Waals surface area contributed by atoms with Crippen LogP contribution < -0.4 is 0 Å². The molecule has 3 aromatic rings. The van der Waals surface area contributed by atoms with Crippen LogP contribution in [0.15, 0.2) is 42.7 Å². The molecule has 0 unspecified atom stereocenters. The minimum Gasteiger partial charge on any atom is -0.339 e. The van der Waals surface area contributed by atoms with Gasteiger partial charge in [0.25, 0.3) is 0 Å². The highest BCUT2D eigenvalue weighted by Gasteiger charge is 2.10. The topological polar surface area (TPSA) is 21.1 Å². The van der Waals surface area contributed by atoms with Crippen LogP contribution in [0.4, 0.5) is 0 Å². The van der Waals surface area contributed by atoms with Crippen molar-refractivity contribution in [1.29, 1.82) is 0 Å². The lowest BCUT2D eigenvalue weighted by atomic mass is 10.2. The van der Waals surface area contributed by atoms with Crippen LogP contribution in [-0.4, -0.2) is 34.1 Å². The second-order valence-electron chi connectivity index (χ2n) is 5.09. The van der Waals surface area contributed by atoms with E-state index < -0.39 is 0 Å². The number of pyridine rings is 1. The molecule has 20 heavy (non-hydrogen) atoms. The standard InChI is InChI=1S/C17H21N3/c1-3-19(4-2)11-12-20-16-8-6-5-7-14(16)15-13-18-10-9-17(15)20/h5-10,13H,3-4,11-12H2,1-2H3. The quantitative estimate of drug-likeness (QED) is 0.705. The van der Waals surface area contributed by atoms with Gasteiger partial charge in [-0.3, -0.25) is 4.98 Å². The third kappa shape index (κ3) is 2.18. The second kappa shape index (κ2) is 5.63. The molecule has 3 nitrogen and oxygen atoms in total.